The van der Waals surface area contributed by atoms with Gasteiger partial charge in [-0.1, -0.05) is 13.8 Å². The van der Waals surface area contributed by atoms with Gasteiger partial charge in [-0.25, -0.2) is 0 Å². The van der Waals surface area contributed by atoms with Crippen LogP contribution < -0.4 is 0 Å². The molecular formula is C14H20N2O3. The van der Waals surface area contributed by atoms with Crippen molar-refractivity contribution in [3.63, 3.8) is 0 Å². The fraction of sp³-hybridized carbons (Fsp3) is 0.571. The van der Waals surface area contributed by atoms with Crippen molar-refractivity contribution < 1.29 is 14.0 Å². The van der Waals surface area contributed by atoms with Crippen LogP contribution >= 0.6 is 0 Å². The zero-order valence-corrected chi connectivity index (χ0v) is 11.5. The number of rotatable bonds is 3. The molecular weight excluding hydrogens is 244 g/mol. The van der Waals surface area contributed by atoms with E-state index in [-0.39, 0.29) is 11.8 Å². The third-order valence-corrected chi connectivity index (χ3v) is 3.27. The molecule has 1 aromatic rings. The SMILES string of the molecule is CC(C)CC(=O)N1CCN(C(=O)c2ccoc2)CC1. The fourth-order valence-electron chi connectivity index (χ4n) is 2.21. The van der Waals surface area contributed by atoms with Crippen molar-refractivity contribution in [3.05, 3.63) is 24.2 Å². The van der Waals surface area contributed by atoms with Gasteiger partial charge in [0.1, 0.15) is 6.26 Å². The molecule has 0 aliphatic carbocycles. The molecule has 0 N–H and O–H groups in total. The summed E-state index contributed by atoms with van der Waals surface area (Å²) in [5, 5.41) is 0. The molecule has 5 heteroatoms. The first-order valence-corrected chi connectivity index (χ1v) is 6.67. The summed E-state index contributed by atoms with van der Waals surface area (Å²) in [7, 11) is 0. The number of carbonyl (C=O) groups is 2. The molecule has 1 fully saturated rings. The molecule has 0 atom stereocenters. The Balaban J connectivity index is 1.86. The van der Waals surface area contributed by atoms with Crippen LogP contribution in [0.1, 0.15) is 30.6 Å². The van der Waals surface area contributed by atoms with Crippen LogP contribution in [0.25, 0.3) is 0 Å². The van der Waals surface area contributed by atoms with Gasteiger partial charge < -0.3 is 14.2 Å². The van der Waals surface area contributed by atoms with Gasteiger partial charge in [0.15, 0.2) is 0 Å². The Morgan fingerprint density at radius 1 is 1.21 bits per heavy atom. The quantitative estimate of drug-likeness (QED) is 0.833. The van der Waals surface area contributed by atoms with E-state index in [0.717, 1.165) is 0 Å². The average Bonchev–Trinajstić information content (AvgIpc) is 2.91. The Kier molecular flexibility index (Phi) is 4.24. The summed E-state index contributed by atoms with van der Waals surface area (Å²) >= 11 is 0. The van der Waals surface area contributed by atoms with Gasteiger partial charge in [-0.2, -0.15) is 0 Å². The molecule has 0 spiro atoms. The Morgan fingerprint density at radius 3 is 2.37 bits per heavy atom. The maximum atomic E-state index is 12.1. The second-order valence-electron chi connectivity index (χ2n) is 5.28. The van der Waals surface area contributed by atoms with E-state index in [4.69, 9.17) is 4.42 Å². The lowest BCUT2D eigenvalue weighted by Crippen LogP contribution is -2.50. The van der Waals surface area contributed by atoms with Crippen molar-refractivity contribution in [1.29, 1.82) is 0 Å². The van der Waals surface area contributed by atoms with Crippen LogP contribution in [-0.4, -0.2) is 47.8 Å². The summed E-state index contributed by atoms with van der Waals surface area (Å²) in [5.41, 5.74) is 0.571. The molecule has 1 aliphatic rings. The topological polar surface area (TPSA) is 53.8 Å². The van der Waals surface area contributed by atoms with Crippen LogP contribution in [0.2, 0.25) is 0 Å². The van der Waals surface area contributed by atoms with Crippen molar-refractivity contribution >= 4 is 11.8 Å². The first-order valence-electron chi connectivity index (χ1n) is 6.67. The molecule has 2 amide bonds. The minimum absolute atomic E-state index is 0.0234. The van der Waals surface area contributed by atoms with E-state index in [1.807, 2.05) is 18.7 Å². The van der Waals surface area contributed by atoms with Crippen molar-refractivity contribution in [2.45, 2.75) is 20.3 Å². The maximum absolute atomic E-state index is 12.1. The molecule has 2 rings (SSSR count). The monoisotopic (exact) mass is 264 g/mol. The third kappa shape index (κ3) is 3.36. The molecule has 1 aliphatic heterocycles. The van der Waals surface area contributed by atoms with Crippen molar-refractivity contribution in [1.82, 2.24) is 9.80 Å². The highest BCUT2D eigenvalue weighted by Crippen LogP contribution is 2.11. The highest BCUT2D eigenvalue weighted by atomic mass is 16.3. The number of amides is 2. The molecule has 5 nitrogen and oxygen atoms in total. The molecule has 0 radical (unpaired) electrons. The van der Waals surface area contributed by atoms with Gasteiger partial charge in [0, 0.05) is 32.6 Å². The summed E-state index contributed by atoms with van der Waals surface area (Å²) in [5.74, 6) is 0.535. The highest BCUT2D eigenvalue weighted by molar-refractivity contribution is 5.94. The van der Waals surface area contributed by atoms with Gasteiger partial charge >= 0.3 is 0 Å². The first-order chi connectivity index (χ1) is 9.08. The molecule has 104 valence electrons. The molecule has 1 aromatic heterocycles. The van der Waals surface area contributed by atoms with Gasteiger partial charge in [0.25, 0.3) is 5.91 Å². The zero-order chi connectivity index (χ0) is 13.8. The van der Waals surface area contributed by atoms with E-state index in [0.29, 0.717) is 44.1 Å². The Hall–Kier alpha value is -1.78. The summed E-state index contributed by atoms with van der Waals surface area (Å²) in [6.07, 6.45) is 3.53. The highest BCUT2D eigenvalue weighted by Gasteiger charge is 2.25. The first kappa shape index (κ1) is 13.6. The van der Waals surface area contributed by atoms with E-state index in [9.17, 15) is 9.59 Å². The molecule has 0 bridgehead atoms. The normalized spacial score (nSPS) is 15.9. The lowest BCUT2D eigenvalue weighted by molar-refractivity contribution is -0.133. The molecule has 19 heavy (non-hydrogen) atoms. The van der Waals surface area contributed by atoms with Gasteiger partial charge in [0.2, 0.25) is 5.91 Å². The standard InChI is InChI=1S/C14H20N2O3/c1-11(2)9-13(17)15-4-6-16(7-5-15)14(18)12-3-8-19-10-12/h3,8,10-11H,4-7,9H2,1-2H3. The summed E-state index contributed by atoms with van der Waals surface area (Å²) in [4.78, 5) is 27.6. The number of carbonyl (C=O) groups excluding carboxylic acids is 2. The summed E-state index contributed by atoms with van der Waals surface area (Å²) < 4.78 is 4.92. The summed E-state index contributed by atoms with van der Waals surface area (Å²) in [6, 6.07) is 1.67. The van der Waals surface area contributed by atoms with Gasteiger partial charge in [0.05, 0.1) is 11.8 Å². The minimum Gasteiger partial charge on any atom is -0.472 e. The summed E-state index contributed by atoms with van der Waals surface area (Å²) in [6.45, 7) is 6.50. The van der Waals surface area contributed by atoms with E-state index in [1.165, 1.54) is 12.5 Å². The van der Waals surface area contributed by atoms with Crippen molar-refractivity contribution in [3.8, 4) is 0 Å². The van der Waals surface area contributed by atoms with E-state index in [2.05, 4.69) is 0 Å². The van der Waals surface area contributed by atoms with Crippen LogP contribution in [0.5, 0.6) is 0 Å². The van der Waals surface area contributed by atoms with E-state index < -0.39 is 0 Å². The number of furan rings is 1. The van der Waals surface area contributed by atoms with Crippen molar-refractivity contribution in [2.24, 2.45) is 5.92 Å². The van der Waals surface area contributed by atoms with Crippen LogP contribution in [0.4, 0.5) is 0 Å². The molecule has 0 aromatic carbocycles. The van der Waals surface area contributed by atoms with Crippen LogP contribution in [-0.2, 0) is 4.79 Å². The molecule has 0 unspecified atom stereocenters. The number of piperazine rings is 1. The average molecular weight is 264 g/mol. The lowest BCUT2D eigenvalue weighted by Gasteiger charge is -2.35. The minimum atomic E-state index is -0.0234. The third-order valence-electron chi connectivity index (χ3n) is 3.27. The van der Waals surface area contributed by atoms with Gasteiger partial charge in [-0.3, -0.25) is 9.59 Å². The van der Waals surface area contributed by atoms with E-state index >= 15 is 0 Å². The van der Waals surface area contributed by atoms with Crippen LogP contribution in [0.3, 0.4) is 0 Å². The number of hydrogen-bond acceptors (Lipinski definition) is 3. The Morgan fingerprint density at radius 2 is 1.84 bits per heavy atom. The smallest absolute Gasteiger partial charge is 0.257 e. The largest absolute Gasteiger partial charge is 0.472 e. The van der Waals surface area contributed by atoms with Crippen molar-refractivity contribution in [2.75, 3.05) is 26.2 Å². The van der Waals surface area contributed by atoms with E-state index in [1.54, 1.807) is 11.0 Å². The predicted molar refractivity (Wildman–Crippen MR) is 70.6 cm³/mol. The second kappa shape index (κ2) is 5.91. The molecule has 2 heterocycles. The number of nitrogens with zero attached hydrogens (tertiary/aromatic N) is 2. The maximum Gasteiger partial charge on any atom is 0.257 e. The lowest BCUT2D eigenvalue weighted by atomic mass is 10.1. The molecule has 1 saturated heterocycles. The van der Waals surface area contributed by atoms with Gasteiger partial charge in [-0.15, -0.1) is 0 Å². The molecule has 0 saturated carbocycles. The van der Waals surface area contributed by atoms with Crippen LogP contribution in [0.15, 0.2) is 23.0 Å². The number of hydrogen-bond donors (Lipinski definition) is 0. The zero-order valence-electron chi connectivity index (χ0n) is 11.5. The Labute approximate surface area is 113 Å². The second-order valence-corrected chi connectivity index (χ2v) is 5.28. The predicted octanol–water partition coefficient (Wildman–Crippen LogP) is 1.61. The Bertz CT molecular complexity index is 432. The van der Waals surface area contributed by atoms with Crippen LogP contribution in [0, 0.1) is 5.92 Å². The van der Waals surface area contributed by atoms with Gasteiger partial charge in [-0.05, 0) is 12.0 Å². The fourth-order valence-corrected chi connectivity index (χ4v) is 2.21.